The predicted molar refractivity (Wildman–Crippen MR) is 79.5 cm³/mol. The summed E-state index contributed by atoms with van der Waals surface area (Å²) < 4.78 is 5.44. The molecule has 3 N–H and O–H groups in total. The Morgan fingerprint density at radius 1 is 1.25 bits per heavy atom. The Morgan fingerprint density at radius 3 is 2.90 bits per heavy atom. The number of nitrogen functional groups attached to an aromatic ring is 1. The van der Waals surface area contributed by atoms with Crippen LogP contribution in [0.25, 0.3) is 0 Å². The van der Waals surface area contributed by atoms with Crippen molar-refractivity contribution in [1.82, 2.24) is 0 Å². The van der Waals surface area contributed by atoms with Crippen LogP contribution in [0.2, 0.25) is 0 Å². The minimum absolute atomic E-state index is 0.0285. The standard InChI is InChI=1S/C15H15N3O2/c1-17-11-3-2-4-12(8-11)18-13-7-10(16)5-6-14(13)20-9-15(18)19/h2-8,17H,9,16H2,1H3. The van der Waals surface area contributed by atoms with E-state index < -0.39 is 0 Å². The highest BCUT2D eigenvalue weighted by Crippen LogP contribution is 2.38. The first-order valence-corrected chi connectivity index (χ1v) is 6.32. The van der Waals surface area contributed by atoms with Gasteiger partial charge in [0, 0.05) is 18.4 Å². The van der Waals surface area contributed by atoms with Gasteiger partial charge < -0.3 is 15.8 Å². The quantitative estimate of drug-likeness (QED) is 0.821. The minimum atomic E-state index is -0.114. The molecule has 1 aliphatic heterocycles. The number of nitrogens with one attached hydrogen (secondary N) is 1. The van der Waals surface area contributed by atoms with Gasteiger partial charge in [0.15, 0.2) is 6.61 Å². The first-order chi connectivity index (χ1) is 9.69. The molecule has 2 aromatic rings. The summed E-state index contributed by atoms with van der Waals surface area (Å²) in [7, 11) is 1.84. The van der Waals surface area contributed by atoms with Crippen molar-refractivity contribution in [3.05, 3.63) is 42.5 Å². The van der Waals surface area contributed by atoms with E-state index in [2.05, 4.69) is 5.32 Å². The number of ether oxygens (including phenoxy) is 1. The molecule has 1 heterocycles. The number of nitrogens with two attached hydrogens (primary N) is 1. The van der Waals surface area contributed by atoms with Gasteiger partial charge in [-0.2, -0.15) is 0 Å². The third-order valence-corrected chi connectivity index (χ3v) is 3.22. The number of benzene rings is 2. The summed E-state index contributed by atoms with van der Waals surface area (Å²) in [6, 6.07) is 12.9. The molecule has 5 heteroatoms. The van der Waals surface area contributed by atoms with Crippen LogP contribution in [0.4, 0.5) is 22.7 Å². The second kappa shape index (κ2) is 4.77. The number of amides is 1. The zero-order chi connectivity index (χ0) is 14.1. The topological polar surface area (TPSA) is 67.6 Å². The first kappa shape index (κ1) is 12.3. The average molecular weight is 269 g/mol. The van der Waals surface area contributed by atoms with Crippen LogP contribution in [0.1, 0.15) is 0 Å². The molecule has 0 saturated carbocycles. The lowest BCUT2D eigenvalue weighted by Gasteiger charge is -2.29. The highest BCUT2D eigenvalue weighted by Gasteiger charge is 2.27. The fraction of sp³-hybridized carbons (Fsp3) is 0.133. The van der Waals surface area contributed by atoms with Crippen LogP contribution in [0.15, 0.2) is 42.5 Å². The smallest absolute Gasteiger partial charge is 0.269 e. The van der Waals surface area contributed by atoms with Crippen LogP contribution in [-0.4, -0.2) is 19.6 Å². The maximum Gasteiger partial charge on any atom is 0.269 e. The SMILES string of the molecule is CNc1cccc(N2C(=O)COc3ccc(N)cc32)c1. The number of carbonyl (C=O) groups is 1. The molecule has 102 valence electrons. The fourth-order valence-corrected chi connectivity index (χ4v) is 2.25. The fourth-order valence-electron chi connectivity index (χ4n) is 2.25. The van der Waals surface area contributed by atoms with Gasteiger partial charge in [-0.3, -0.25) is 9.69 Å². The van der Waals surface area contributed by atoms with E-state index >= 15 is 0 Å². The Bertz CT molecular complexity index is 670. The number of nitrogens with zero attached hydrogens (tertiary/aromatic N) is 1. The molecule has 3 rings (SSSR count). The van der Waals surface area contributed by atoms with E-state index in [1.54, 1.807) is 23.1 Å². The molecule has 0 spiro atoms. The van der Waals surface area contributed by atoms with Crippen molar-refractivity contribution in [1.29, 1.82) is 0 Å². The van der Waals surface area contributed by atoms with E-state index in [9.17, 15) is 4.79 Å². The first-order valence-electron chi connectivity index (χ1n) is 6.32. The van der Waals surface area contributed by atoms with E-state index in [1.165, 1.54) is 0 Å². The summed E-state index contributed by atoms with van der Waals surface area (Å²) in [6.45, 7) is 0.0285. The Balaban J connectivity index is 2.12. The van der Waals surface area contributed by atoms with Crippen LogP contribution < -0.4 is 20.7 Å². The molecule has 0 radical (unpaired) electrons. The van der Waals surface area contributed by atoms with Crippen molar-refractivity contribution in [2.75, 3.05) is 29.6 Å². The van der Waals surface area contributed by atoms with Crippen molar-refractivity contribution in [3.63, 3.8) is 0 Å². The van der Waals surface area contributed by atoms with Crippen LogP contribution in [0.3, 0.4) is 0 Å². The Hall–Kier alpha value is -2.69. The summed E-state index contributed by atoms with van der Waals surface area (Å²) in [5, 5.41) is 3.06. The lowest BCUT2D eigenvalue weighted by atomic mass is 10.1. The van der Waals surface area contributed by atoms with Gasteiger partial charge in [0.05, 0.1) is 11.4 Å². The van der Waals surface area contributed by atoms with Crippen molar-refractivity contribution in [2.45, 2.75) is 0 Å². The molecule has 20 heavy (non-hydrogen) atoms. The second-order valence-corrected chi connectivity index (χ2v) is 4.55. The average Bonchev–Trinajstić information content (AvgIpc) is 2.47. The number of hydrogen-bond acceptors (Lipinski definition) is 4. The van der Waals surface area contributed by atoms with E-state index in [1.807, 2.05) is 31.3 Å². The number of rotatable bonds is 2. The van der Waals surface area contributed by atoms with Crippen molar-refractivity contribution in [3.8, 4) is 5.75 Å². The van der Waals surface area contributed by atoms with Gasteiger partial charge in [0.2, 0.25) is 0 Å². The van der Waals surface area contributed by atoms with Crippen LogP contribution in [0, 0.1) is 0 Å². The molecule has 1 amide bonds. The monoisotopic (exact) mass is 269 g/mol. The number of carbonyl (C=O) groups excluding carboxylic acids is 1. The Labute approximate surface area is 117 Å². The third-order valence-electron chi connectivity index (χ3n) is 3.22. The molecule has 0 aliphatic carbocycles. The third kappa shape index (κ3) is 2.03. The predicted octanol–water partition coefficient (Wildman–Crippen LogP) is 2.37. The number of fused-ring (bicyclic) bond motifs is 1. The molecular formula is C15H15N3O2. The van der Waals surface area contributed by atoms with Gasteiger partial charge >= 0.3 is 0 Å². The summed E-state index contributed by atoms with van der Waals surface area (Å²) >= 11 is 0. The van der Waals surface area contributed by atoms with Gasteiger partial charge in [0.1, 0.15) is 5.75 Å². The summed E-state index contributed by atoms with van der Waals surface area (Å²) in [6.07, 6.45) is 0. The van der Waals surface area contributed by atoms with Crippen LogP contribution in [-0.2, 0) is 4.79 Å². The van der Waals surface area contributed by atoms with Crippen molar-refractivity contribution in [2.24, 2.45) is 0 Å². The summed E-state index contributed by atoms with van der Waals surface area (Å²) in [5.41, 5.74) is 8.81. The Morgan fingerprint density at radius 2 is 2.10 bits per heavy atom. The Kier molecular flexibility index (Phi) is 2.95. The molecule has 0 unspecified atom stereocenters. The lowest BCUT2D eigenvalue weighted by molar-refractivity contribution is -0.120. The highest BCUT2D eigenvalue weighted by molar-refractivity contribution is 6.05. The van der Waals surface area contributed by atoms with E-state index in [0.29, 0.717) is 17.1 Å². The normalized spacial score (nSPS) is 13.7. The van der Waals surface area contributed by atoms with Crippen LogP contribution in [0.5, 0.6) is 5.75 Å². The summed E-state index contributed by atoms with van der Waals surface area (Å²) in [4.78, 5) is 13.8. The molecule has 5 nitrogen and oxygen atoms in total. The van der Waals surface area contributed by atoms with Gasteiger partial charge in [-0.1, -0.05) is 6.07 Å². The zero-order valence-electron chi connectivity index (χ0n) is 11.1. The molecule has 1 aliphatic rings. The largest absolute Gasteiger partial charge is 0.482 e. The number of anilines is 4. The number of hydrogen-bond donors (Lipinski definition) is 2. The minimum Gasteiger partial charge on any atom is -0.482 e. The molecule has 0 fully saturated rings. The van der Waals surface area contributed by atoms with Crippen molar-refractivity contribution < 1.29 is 9.53 Å². The molecule has 0 saturated heterocycles. The van der Waals surface area contributed by atoms with E-state index in [0.717, 1.165) is 11.4 Å². The van der Waals surface area contributed by atoms with E-state index in [4.69, 9.17) is 10.5 Å². The molecule has 0 atom stereocenters. The second-order valence-electron chi connectivity index (χ2n) is 4.55. The zero-order valence-corrected chi connectivity index (χ0v) is 11.1. The molecule has 0 bridgehead atoms. The van der Waals surface area contributed by atoms with Crippen LogP contribution >= 0.6 is 0 Å². The lowest BCUT2D eigenvalue weighted by Crippen LogP contribution is -2.35. The van der Waals surface area contributed by atoms with Gasteiger partial charge in [-0.15, -0.1) is 0 Å². The van der Waals surface area contributed by atoms with E-state index in [-0.39, 0.29) is 12.5 Å². The molecular weight excluding hydrogens is 254 g/mol. The maximum atomic E-state index is 12.2. The van der Waals surface area contributed by atoms with Crippen molar-refractivity contribution >= 4 is 28.7 Å². The van der Waals surface area contributed by atoms with Gasteiger partial charge in [-0.25, -0.2) is 0 Å². The summed E-state index contributed by atoms with van der Waals surface area (Å²) in [5.74, 6) is 0.546. The molecule has 2 aromatic carbocycles. The van der Waals surface area contributed by atoms with Gasteiger partial charge in [0.25, 0.3) is 5.91 Å². The molecule has 0 aromatic heterocycles. The maximum absolute atomic E-state index is 12.2. The highest BCUT2D eigenvalue weighted by atomic mass is 16.5. The van der Waals surface area contributed by atoms with Gasteiger partial charge in [-0.05, 0) is 36.4 Å².